The fourth-order valence-electron chi connectivity index (χ4n) is 1.73. The fraction of sp³-hybridized carbons (Fsp3) is 0.143. The van der Waals surface area contributed by atoms with Crippen LogP contribution in [0.4, 0.5) is 22.7 Å². The number of nitrogens with zero attached hydrogens (tertiary/aromatic N) is 4. The molecule has 2 aromatic heterocycles. The molecule has 0 fully saturated rings. The minimum atomic E-state index is -4.53. The molecule has 0 spiro atoms. The van der Waals surface area contributed by atoms with Gasteiger partial charge in [-0.05, 0) is 35.5 Å². The number of halogens is 4. The highest BCUT2D eigenvalue weighted by molar-refractivity contribution is 8.00. The summed E-state index contributed by atoms with van der Waals surface area (Å²) >= 11 is 2.05. The van der Waals surface area contributed by atoms with E-state index in [0.717, 1.165) is 40.9 Å². The molecule has 5 nitrogen and oxygen atoms in total. The van der Waals surface area contributed by atoms with Gasteiger partial charge in [-0.25, -0.2) is 14.4 Å². The van der Waals surface area contributed by atoms with Gasteiger partial charge in [0.15, 0.2) is 9.50 Å². The van der Waals surface area contributed by atoms with Crippen molar-refractivity contribution in [2.75, 3.05) is 5.32 Å². The Morgan fingerprint density at radius 3 is 2.56 bits per heavy atom. The van der Waals surface area contributed by atoms with Crippen molar-refractivity contribution < 1.29 is 17.6 Å². The summed E-state index contributed by atoms with van der Waals surface area (Å²) in [6, 6.07) is 6.78. The first-order valence-electron chi connectivity index (χ1n) is 6.80. The molecule has 0 saturated carbocycles. The second-order valence-corrected chi connectivity index (χ2v) is 6.87. The second kappa shape index (κ2) is 7.31. The Morgan fingerprint density at radius 2 is 1.84 bits per heavy atom. The molecular weight excluding hydrogens is 378 g/mol. The fourth-order valence-corrected chi connectivity index (χ4v) is 3.32. The number of hydrogen-bond acceptors (Lipinski definition) is 7. The topological polar surface area (TPSA) is 63.6 Å². The Morgan fingerprint density at radius 1 is 1.08 bits per heavy atom. The van der Waals surface area contributed by atoms with Crippen molar-refractivity contribution in [3.05, 3.63) is 53.6 Å². The SMILES string of the molecule is Fc1ccc(CNc2nnc(Sc3nccc(C(F)(F)F)n3)s2)cc1. The molecule has 0 aliphatic heterocycles. The predicted molar refractivity (Wildman–Crippen MR) is 84.8 cm³/mol. The quantitative estimate of drug-likeness (QED) is 0.522. The van der Waals surface area contributed by atoms with Crippen LogP contribution in [0.1, 0.15) is 11.3 Å². The summed E-state index contributed by atoms with van der Waals surface area (Å²) in [6.45, 7) is 0.416. The first-order chi connectivity index (χ1) is 11.9. The van der Waals surface area contributed by atoms with Gasteiger partial charge in [-0.3, -0.25) is 0 Å². The maximum atomic E-state index is 12.8. The second-order valence-electron chi connectivity index (χ2n) is 4.68. The molecule has 0 atom stereocenters. The van der Waals surface area contributed by atoms with Crippen molar-refractivity contribution >= 4 is 28.2 Å². The van der Waals surface area contributed by atoms with Gasteiger partial charge >= 0.3 is 6.18 Å². The van der Waals surface area contributed by atoms with Crippen LogP contribution in [0.15, 0.2) is 46.0 Å². The molecule has 0 aliphatic rings. The number of alkyl halides is 3. The summed E-state index contributed by atoms with van der Waals surface area (Å²) in [5, 5.41) is 11.2. The van der Waals surface area contributed by atoms with E-state index in [1.54, 1.807) is 12.1 Å². The van der Waals surface area contributed by atoms with E-state index in [1.807, 2.05) is 0 Å². The van der Waals surface area contributed by atoms with Crippen LogP contribution in [0.2, 0.25) is 0 Å². The summed E-state index contributed by atoms with van der Waals surface area (Å²) in [5.41, 5.74) is -0.156. The lowest BCUT2D eigenvalue weighted by molar-refractivity contribution is -0.141. The molecule has 0 saturated heterocycles. The maximum absolute atomic E-state index is 12.8. The van der Waals surface area contributed by atoms with E-state index < -0.39 is 11.9 Å². The molecule has 3 rings (SSSR count). The van der Waals surface area contributed by atoms with Gasteiger partial charge < -0.3 is 5.32 Å². The number of aromatic nitrogens is 4. The molecule has 0 unspecified atom stereocenters. The molecule has 1 N–H and O–H groups in total. The highest BCUT2D eigenvalue weighted by atomic mass is 32.2. The van der Waals surface area contributed by atoms with Gasteiger partial charge in [0, 0.05) is 12.7 Å². The molecule has 11 heteroatoms. The number of benzene rings is 1. The zero-order valence-corrected chi connectivity index (χ0v) is 13.9. The highest BCUT2D eigenvalue weighted by Gasteiger charge is 2.32. The van der Waals surface area contributed by atoms with E-state index >= 15 is 0 Å². The van der Waals surface area contributed by atoms with E-state index in [9.17, 15) is 17.6 Å². The van der Waals surface area contributed by atoms with E-state index in [4.69, 9.17) is 0 Å². The molecule has 0 radical (unpaired) electrons. The molecular formula is C14H9F4N5S2. The van der Waals surface area contributed by atoms with Crippen molar-refractivity contribution in [2.24, 2.45) is 0 Å². The third-order valence-corrected chi connectivity index (χ3v) is 4.68. The Hall–Kier alpha value is -2.27. The summed E-state index contributed by atoms with van der Waals surface area (Å²) in [5.74, 6) is -0.320. The standard InChI is InChI=1S/C14H9F4N5S2/c15-9-3-1-8(2-4-9)7-20-12-22-23-13(25-12)24-11-19-6-5-10(21-11)14(16,17)18/h1-6H,7H2,(H,20,22). The summed E-state index contributed by atoms with van der Waals surface area (Å²) in [6.07, 6.45) is -3.48. The number of nitrogens with one attached hydrogen (secondary N) is 1. The van der Waals surface area contributed by atoms with Crippen LogP contribution >= 0.6 is 23.1 Å². The Balaban J connectivity index is 1.63. The van der Waals surface area contributed by atoms with Gasteiger partial charge in [0.1, 0.15) is 11.5 Å². The molecule has 25 heavy (non-hydrogen) atoms. The van der Waals surface area contributed by atoms with Gasteiger partial charge in [-0.15, -0.1) is 10.2 Å². The zero-order valence-electron chi connectivity index (χ0n) is 12.3. The van der Waals surface area contributed by atoms with Crippen molar-refractivity contribution in [1.82, 2.24) is 20.2 Å². The summed E-state index contributed by atoms with van der Waals surface area (Å²) < 4.78 is 51.2. The normalized spacial score (nSPS) is 11.5. The minimum Gasteiger partial charge on any atom is -0.356 e. The molecule has 3 aromatic rings. The van der Waals surface area contributed by atoms with Crippen molar-refractivity contribution in [2.45, 2.75) is 22.2 Å². The van der Waals surface area contributed by atoms with Crippen LogP contribution in [0.5, 0.6) is 0 Å². The molecule has 0 aliphatic carbocycles. The van der Waals surface area contributed by atoms with Crippen molar-refractivity contribution in [3.8, 4) is 0 Å². The van der Waals surface area contributed by atoms with Crippen molar-refractivity contribution in [3.63, 3.8) is 0 Å². The van der Waals surface area contributed by atoms with Gasteiger partial charge in [0.25, 0.3) is 0 Å². The molecule has 1 aromatic carbocycles. The number of rotatable bonds is 5. The lowest BCUT2D eigenvalue weighted by Gasteiger charge is -2.05. The minimum absolute atomic E-state index is 0.0592. The average Bonchev–Trinajstić information content (AvgIpc) is 3.01. The molecule has 0 amide bonds. The van der Waals surface area contributed by atoms with Crippen LogP contribution in [-0.4, -0.2) is 20.2 Å². The maximum Gasteiger partial charge on any atom is 0.433 e. The largest absolute Gasteiger partial charge is 0.433 e. The first kappa shape index (κ1) is 17.5. The molecule has 130 valence electrons. The Bertz CT molecular complexity index is 851. The third kappa shape index (κ3) is 4.86. The van der Waals surface area contributed by atoms with Gasteiger partial charge in [-0.2, -0.15) is 13.2 Å². The van der Waals surface area contributed by atoms with Crippen LogP contribution < -0.4 is 5.32 Å². The monoisotopic (exact) mass is 387 g/mol. The Kier molecular flexibility index (Phi) is 5.13. The van der Waals surface area contributed by atoms with E-state index in [2.05, 4.69) is 25.5 Å². The summed E-state index contributed by atoms with van der Waals surface area (Å²) in [7, 11) is 0. The van der Waals surface area contributed by atoms with Crippen molar-refractivity contribution in [1.29, 1.82) is 0 Å². The third-order valence-electron chi connectivity index (χ3n) is 2.87. The summed E-state index contributed by atoms with van der Waals surface area (Å²) in [4.78, 5) is 7.25. The molecule has 2 heterocycles. The van der Waals surface area contributed by atoms with Gasteiger partial charge in [0.05, 0.1) is 0 Å². The Labute approximate surface area is 147 Å². The number of anilines is 1. The van der Waals surface area contributed by atoms with Crippen LogP contribution in [-0.2, 0) is 12.7 Å². The zero-order chi connectivity index (χ0) is 17.9. The smallest absolute Gasteiger partial charge is 0.356 e. The first-order valence-corrected chi connectivity index (χ1v) is 8.43. The molecule has 0 bridgehead atoms. The lowest BCUT2D eigenvalue weighted by Crippen LogP contribution is -2.08. The van der Waals surface area contributed by atoms with Gasteiger partial charge in [0.2, 0.25) is 5.13 Å². The highest BCUT2D eigenvalue weighted by Crippen LogP contribution is 2.32. The van der Waals surface area contributed by atoms with Crippen LogP contribution in [0.3, 0.4) is 0 Å². The number of hydrogen-bond donors (Lipinski definition) is 1. The van der Waals surface area contributed by atoms with E-state index in [1.165, 1.54) is 12.1 Å². The van der Waals surface area contributed by atoms with Crippen LogP contribution in [0, 0.1) is 5.82 Å². The lowest BCUT2D eigenvalue weighted by atomic mass is 10.2. The van der Waals surface area contributed by atoms with E-state index in [0.29, 0.717) is 16.0 Å². The average molecular weight is 387 g/mol. The predicted octanol–water partition coefficient (Wildman–Crippen LogP) is 4.25. The van der Waals surface area contributed by atoms with Crippen LogP contribution in [0.25, 0.3) is 0 Å². The van der Waals surface area contributed by atoms with Gasteiger partial charge in [-0.1, -0.05) is 23.5 Å². The van der Waals surface area contributed by atoms with E-state index in [-0.39, 0.29) is 11.0 Å².